The van der Waals surface area contributed by atoms with Crippen molar-refractivity contribution in [3.8, 4) is 11.8 Å². The van der Waals surface area contributed by atoms with Crippen LogP contribution in [0.25, 0.3) is 0 Å². The summed E-state index contributed by atoms with van der Waals surface area (Å²) in [5, 5.41) is 17.5. The molecule has 16 heavy (non-hydrogen) atoms. The maximum absolute atomic E-state index is 9.16. The monoisotopic (exact) mass is 219 g/mol. The standard InChI is InChI=1S/C13H17NO2/c1-11-5-6-13(12(9-11)10-15)16-8-4-2-3-7-14/h5-6,9,15H,2-4,8,10H2,1H3. The molecule has 86 valence electrons. The molecule has 0 spiro atoms. The van der Waals surface area contributed by atoms with Crippen molar-refractivity contribution in [1.29, 1.82) is 5.26 Å². The third kappa shape index (κ3) is 3.92. The average Bonchev–Trinajstić information content (AvgIpc) is 2.30. The smallest absolute Gasteiger partial charge is 0.124 e. The van der Waals surface area contributed by atoms with Crippen LogP contribution in [0.2, 0.25) is 0 Å². The molecule has 0 amide bonds. The zero-order chi connectivity index (χ0) is 11.8. The summed E-state index contributed by atoms with van der Waals surface area (Å²) in [6.07, 6.45) is 2.30. The highest BCUT2D eigenvalue weighted by molar-refractivity contribution is 5.36. The molecule has 3 heteroatoms. The van der Waals surface area contributed by atoms with Gasteiger partial charge in [-0.2, -0.15) is 5.26 Å². The second-order valence-corrected chi connectivity index (χ2v) is 3.73. The van der Waals surface area contributed by atoms with Gasteiger partial charge in [0.2, 0.25) is 0 Å². The molecule has 1 aromatic rings. The van der Waals surface area contributed by atoms with E-state index in [1.165, 1.54) is 0 Å². The molecular weight excluding hydrogens is 202 g/mol. The highest BCUT2D eigenvalue weighted by Crippen LogP contribution is 2.20. The van der Waals surface area contributed by atoms with Gasteiger partial charge >= 0.3 is 0 Å². The summed E-state index contributed by atoms with van der Waals surface area (Å²) < 4.78 is 5.56. The Morgan fingerprint density at radius 3 is 2.88 bits per heavy atom. The first kappa shape index (κ1) is 12.5. The van der Waals surface area contributed by atoms with Crippen LogP contribution in [0.4, 0.5) is 0 Å². The van der Waals surface area contributed by atoms with Crippen LogP contribution in [0.5, 0.6) is 5.75 Å². The number of unbranched alkanes of at least 4 members (excludes halogenated alkanes) is 2. The van der Waals surface area contributed by atoms with Crippen molar-refractivity contribution in [2.24, 2.45) is 0 Å². The molecule has 1 N–H and O–H groups in total. The molecule has 1 aromatic carbocycles. The van der Waals surface area contributed by atoms with Gasteiger partial charge in [-0.25, -0.2) is 0 Å². The minimum atomic E-state index is -0.00475. The Hall–Kier alpha value is -1.53. The molecule has 3 nitrogen and oxygen atoms in total. The van der Waals surface area contributed by atoms with Gasteiger partial charge in [0.15, 0.2) is 0 Å². The molecule has 0 radical (unpaired) electrons. The number of aryl methyl sites for hydroxylation is 1. The summed E-state index contributed by atoms with van der Waals surface area (Å²) in [5.41, 5.74) is 1.93. The van der Waals surface area contributed by atoms with Crippen LogP contribution in [0.3, 0.4) is 0 Å². The third-order valence-corrected chi connectivity index (χ3v) is 2.33. The Kier molecular flexibility index (Phi) is 5.38. The van der Waals surface area contributed by atoms with E-state index in [4.69, 9.17) is 15.1 Å². The fourth-order valence-electron chi connectivity index (χ4n) is 1.46. The zero-order valence-electron chi connectivity index (χ0n) is 9.57. The number of aliphatic hydroxyl groups is 1. The molecule has 0 saturated carbocycles. The largest absolute Gasteiger partial charge is 0.493 e. The lowest BCUT2D eigenvalue weighted by Crippen LogP contribution is -2.00. The van der Waals surface area contributed by atoms with E-state index in [2.05, 4.69) is 6.07 Å². The lowest BCUT2D eigenvalue weighted by Gasteiger charge is -2.10. The van der Waals surface area contributed by atoms with Crippen LogP contribution >= 0.6 is 0 Å². The summed E-state index contributed by atoms with van der Waals surface area (Å²) in [5.74, 6) is 0.741. The quantitative estimate of drug-likeness (QED) is 0.748. The van der Waals surface area contributed by atoms with Crippen molar-refractivity contribution in [3.05, 3.63) is 29.3 Å². The number of nitrogens with zero attached hydrogens (tertiary/aromatic N) is 1. The van der Waals surface area contributed by atoms with Gasteiger partial charge in [0.1, 0.15) is 5.75 Å². The highest BCUT2D eigenvalue weighted by Gasteiger charge is 2.02. The third-order valence-electron chi connectivity index (χ3n) is 2.33. The normalized spacial score (nSPS) is 9.81. The van der Waals surface area contributed by atoms with Crippen molar-refractivity contribution in [2.75, 3.05) is 6.61 Å². The maximum atomic E-state index is 9.16. The fourth-order valence-corrected chi connectivity index (χ4v) is 1.46. The first-order valence-corrected chi connectivity index (χ1v) is 5.48. The first-order valence-electron chi connectivity index (χ1n) is 5.48. The molecule has 0 saturated heterocycles. The molecule has 1 rings (SSSR count). The predicted molar refractivity (Wildman–Crippen MR) is 62.1 cm³/mol. The van der Waals surface area contributed by atoms with Crippen LogP contribution in [-0.2, 0) is 6.61 Å². The number of ether oxygens (including phenoxy) is 1. The maximum Gasteiger partial charge on any atom is 0.124 e. The number of benzene rings is 1. The van der Waals surface area contributed by atoms with Gasteiger partial charge in [-0.3, -0.25) is 0 Å². The molecule has 0 heterocycles. The van der Waals surface area contributed by atoms with Crippen LogP contribution in [0, 0.1) is 18.3 Å². The summed E-state index contributed by atoms with van der Waals surface area (Å²) in [7, 11) is 0. The SMILES string of the molecule is Cc1ccc(OCCCCC#N)c(CO)c1. The van der Waals surface area contributed by atoms with E-state index in [9.17, 15) is 0 Å². The Morgan fingerprint density at radius 2 is 2.19 bits per heavy atom. The van der Waals surface area contributed by atoms with Gasteiger partial charge in [-0.05, 0) is 25.8 Å². The molecule has 0 unspecified atom stereocenters. The van der Waals surface area contributed by atoms with Crippen molar-refractivity contribution >= 4 is 0 Å². The number of hydrogen-bond acceptors (Lipinski definition) is 3. The molecule has 0 aliphatic carbocycles. The second kappa shape index (κ2) is 6.86. The Labute approximate surface area is 96.3 Å². The number of aliphatic hydroxyl groups excluding tert-OH is 1. The van der Waals surface area contributed by atoms with E-state index in [1.54, 1.807) is 0 Å². The van der Waals surface area contributed by atoms with Gasteiger partial charge in [-0.1, -0.05) is 17.7 Å². The lowest BCUT2D eigenvalue weighted by molar-refractivity contribution is 0.260. The second-order valence-electron chi connectivity index (χ2n) is 3.73. The molecule has 0 aliphatic heterocycles. The van der Waals surface area contributed by atoms with Crippen LogP contribution in [0.1, 0.15) is 30.4 Å². The molecular formula is C13H17NO2. The lowest BCUT2D eigenvalue weighted by atomic mass is 10.1. The van der Waals surface area contributed by atoms with E-state index in [0.29, 0.717) is 13.0 Å². The zero-order valence-corrected chi connectivity index (χ0v) is 9.57. The molecule has 0 aromatic heterocycles. The van der Waals surface area contributed by atoms with Crippen LogP contribution in [-0.4, -0.2) is 11.7 Å². The minimum absolute atomic E-state index is 0.00475. The van der Waals surface area contributed by atoms with Gasteiger partial charge < -0.3 is 9.84 Å². The molecule has 0 aliphatic rings. The summed E-state index contributed by atoms with van der Waals surface area (Å²) in [6.45, 7) is 2.57. The van der Waals surface area contributed by atoms with E-state index in [-0.39, 0.29) is 6.61 Å². The Morgan fingerprint density at radius 1 is 1.38 bits per heavy atom. The number of rotatable bonds is 6. The molecule has 0 atom stereocenters. The summed E-state index contributed by atoms with van der Waals surface area (Å²) in [6, 6.07) is 7.86. The fraction of sp³-hybridized carbons (Fsp3) is 0.462. The van der Waals surface area contributed by atoms with E-state index in [0.717, 1.165) is 29.7 Å². The number of nitriles is 1. The van der Waals surface area contributed by atoms with Crippen LogP contribution < -0.4 is 4.74 Å². The van der Waals surface area contributed by atoms with Crippen molar-refractivity contribution in [3.63, 3.8) is 0 Å². The van der Waals surface area contributed by atoms with Crippen molar-refractivity contribution < 1.29 is 9.84 Å². The van der Waals surface area contributed by atoms with Gasteiger partial charge in [0.25, 0.3) is 0 Å². The van der Waals surface area contributed by atoms with Crippen molar-refractivity contribution in [2.45, 2.75) is 32.8 Å². The Bertz CT molecular complexity index is 369. The molecule has 0 bridgehead atoms. The Balaban J connectivity index is 2.44. The number of hydrogen-bond donors (Lipinski definition) is 1. The summed E-state index contributed by atoms with van der Waals surface area (Å²) >= 11 is 0. The average molecular weight is 219 g/mol. The van der Waals surface area contributed by atoms with Crippen LogP contribution in [0.15, 0.2) is 18.2 Å². The van der Waals surface area contributed by atoms with E-state index in [1.807, 2.05) is 25.1 Å². The van der Waals surface area contributed by atoms with Crippen molar-refractivity contribution in [1.82, 2.24) is 0 Å². The molecule has 0 fully saturated rings. The first-order chi connectivity index (χ1) is 7.77. The van der Waals surface area contributed by atoms with Gasteiger partial charge in [-0.15, -0.1) is 0 Å². The highest BCUT2D eigenvalue weighted by atomic mass is 16.5. The summed E-state index contributed by atoms with van der Waals surface area (Å²) in [4.78, 5) is 0. The topological polar surface area (TPSA) is 53.2 Å². The predicted octanol–water partition coefficient (Wildman–Crippen LogP) is 2.56. The minimum Gasteiger partial charge on any atom is -0.493 e. The van der Waals surface area contributed by atoms with Gasteiger partial charge in [0, 0.05) is 12.0 Å². The van der Waals surface area contributed by atoms with Gasteiger partial charge in [0.05, 0.1) is 19.3 Å². The van der Waals surface area contributed by atoms with E-state index < -0.39 is 0 Å². The van der Waals surface area contributed by atoms with E-state index >= 15 is 0 Å².